The summed E-state index contributed by atoms with van der Waals surface area (Å²) >= 11 is 3.71. The largest absolute Gasteiger partial charge is 0.380 e. The van der Waals surface area contributed by atoms with Crippen LogP contribution in [0.1, 0.15) is 24.8 Å². The lowest BCUT2D eigenvalue weighted by Crippen LogP contribution is -2.22. The highest BCUT2D eigenvalue weighted by molar-refractivity contribution is 9.10. The van der Waals surface area contributed by atoms with E-state index in [0.29, 0.717) is 6.10 Å². The Hall–Kier alpha value is -0.580. The normalized spacial score (nSPS) is 23.1. The lowest BCUT2D eigenvalue weighted by molar-refractivity contribution is 0.121. The number of methoxy groups -OCH3 is 1. The van der Waals surface area contributed by atoms with Crippen LogP contribution in [-0.2, 0) is 11.3 Å². The van der Waals surface area contributed by atoms with Gasteiger partial charge in [-0.1, -0.05) is 6.07 Å². The fourth-order valence-corrected chi connectivity index (χ4v) is 3.28. The molecule has 3 nitrogen and oxygen atoms in total. The van der Waals surface area contributed by atoms with Crippen LogP contribution in [0.4, 0.5) is 5.69 Å². The number of ether oxygens (including phenoxy) is 1. The molecule has 3 rings (SSSR count). The van der Waals surface area contributed by atoms with E-state index in [0.717, 1.165) is 32.1 Å². The molecule has 2 fully saturated rings. The van der Waals surface area contributed by atoms with E-state index in [-0.39, 0.29) is 0 Å². The van der Waals surface area contributed by atoms with E-state index in [9.17, 15) is 0 Å². The molecule has 0 aromatic heterocycles. The number of hydrogen-bond donors (Lipinski definition) is 1. The van der Waals surface area contributed by atoms with Crippen molar-refractivity contribution in [2.75, 3.05) is 25.1 Å². The van der Waals surface area contributed by atoms with Crippen LogP contribution in [0.3, 0.4) is 0 Å². The summed E-state index contributed by atoms with van der Waals surface area (Å²) in [5, 5.41) is 3.55. The van der Waals surface area contributed by atoms with Gasteiger partial charge in [-0.15, -0.1) is 0 Å². The van der Waals surface area contributed by atoms with Crippen LogP contribution in [-0.4, -0.2) is 32.3 Å². The Morgan fingerprint density at radius 3 is 2.84 bits per heavy atom. The first kappa shape index (κ1) is 13.4. The monoisotopic (exact) mass is 324 g/mol. The van der Waals surface area contributed by atoms with Gasteiger partial charge in [-0.05, 0) is 52.9 Å². The van der Waals surface area contributed by atoms with E-state index in [2.05, 4.69) is 44.3 Å². The van der Waals surface area contributed by atoms with Gasteiger partial charge in [-0.3, -0.25) is 0 Å². The molecule has 0 bridgehead atoms. The van der Waals surface area contributed by atoms with Crippen molar-refractivity contribution in [3.8, 4) is 0 Å². The number of benzene rings is 1. The van der Waals surface area contributed by atoms with Crippen LogP contribution >= 0.6 is 15.9 Å². The van der Waals surface area contributed by atoms with Crippen molar-refractivity contribution in [3.63, 3.8) is 0 Å². The summed E-state index contributed by atoms with van der Waals surface area (Å²) in [4.78, 5) is 2.40. The quantitative estimate of drug-likeness (QED) is 0.901. The number of anilines is 1. The predicted octanol–water partition coefficient (Wildman–Crippen LogP) is 2.93. The van der Waals surface area contributed by atoms with E-state index in [1.54, 1.807) is 7.11 Å². The molecule has 1 aromatic carbocycles. The van der Waals surface area contributed by atoms with Gasteiger partial charge >= 0.3 is 0 Å². The average molecular weight is 325 g/mol. The second-order valence-corrected chi connectivity index (χ2v) is 6.39. The summed E-state index contributed by atoms with van der Waals surface area (Å²) < 4.78 is 6.63. The number of hydrogen-bond acceptors (Lipinski definition) is 3. The summed E-state index contributed by atoms with van der Waals surface area (Å²) in [7, 11) is 1.80. The molecule has 1 unspecified atom stereocenters. The van der Waals surface area contributed by atoms with Gasteiger partial charge < -0.3 is 15.0 Å². The van der Waals surface area contributed by atoms with Gasteiger partial charge in [-0.25, -0.2) is 0 Å². The maximum atomic E-state index is 5.43. The van der Waals surface area contributed by atoms with Gasteiger partial charge in [0.15, 0.2) is 0 Å². The van der Waals surface area contributed by atoms with E-state index in [4.69, 9.17) is 4.74 Å². The topological polar surface area (TPSA) is 24.5 Å². The molecule has 2 aliphatic rings. The molecule has 0 amide bonds. The third-order valence-corrected chi connectivity index (χ3v) is 4.64. The van der Waals surface area contributed by atoms with Gasteiger partial charge in [0.25, 0.3) is 0 Å². The van der Waals surface area contributed by atoms with Crippen molar-refractivity contribution in [3.05, 3.63) is 28.2 Å². The van der Waals surface area contributed by atoms with Crippen LogP contribution in [0.15, 0.2) is 22.7 Å². The maximum Gasteiger partial charge on any atom is 0.0762 e. The zero-order valence-electron chi connectivity index (χ0n) is 11.4. The first-order valence-electron chi connectivity index (χ1n) is 7.06. The summed E-state index contributed by atoms with van der Waals surface area (Å²) in [6.45, 7) is 3.05. The third kappa shape index (κ3) is 3.30. The Morgan fingerprint density at radius 1 is 1.37 bits per heavy atom. The molecule has 1 atom stereocenters. The van der Waals surface area contributed by atoms with Gasteiger partial charge in [0.05, 0.1) is 11.8 Å². The molecule has 1 aliphatic heterocycles. The molecular weight excluding hydrogens is 304 g/mol. The minimum Gasteiger partial charge on any atom is -0.380 e. The number of nitrogens with zero attached hydrogens (tertiary/aromatic N) is 1. The number of nitrogens with one attached hydrogen (secondary N) is 1. The molecule has 1 heterocycles. The highest BCUT2D eigenvalue weighted by Crippen LogP contribution is 2.30. The summed E-state index contributed by atoms with van der Waals surface area (Å²) in [5.41, 5.74) is 2.64. The van der Waals surface area contributed by atoms with E-state index >= 15 is 0 Å². The van der Waals surface area contributed by atoms with E-state index < -0.39 is 0 Å². The molecule has 1 saturated heterocycles. The fraction of sp³-hybridized carbons (Fsp3) is 0.600. The Kier molecular flexibility index (Phi) is 4.10. The lowest BCUT2D eigenvalue weighted by atomic mass is 10.2. The van der Waals surface area contributed by atoms with Crippen LogP contribution < -0.4 is 10.2 Å². The summed E-state index contributed by atoms with van der Waals surface area (Å²) in [5.74, 6) is 0. The van der Waals surface area contributed by atoms with Crippen LogP contribution in [0.5, 0.6) is 0 Å². The van der Waals surface area contributed by atoms with Crippen LogP contribution in [0, 0.1) is 0 Å². The molecule has 0 radical (unpaired) electrons. The molecule has 1 saturated carbocycles. The SMILES string of the molecule is COC1CCN(c2ccc(CNC3CC3)cc2Br)C1. The third-order valence-electron chi connectivity index (χ3n) is 4.00. The maximum absolute atomic E-state index is 5.43. The predicted molar refractivity (Wildman–Crippen MR) is 81.6 cm³/mol. The molecule has 4 heteroatoms. The van der Waals surface area contributed by atoms with Crippen molar-refractivity contribution < 1.29 is 4.74 Å². The second kappa shape index (κ2) is 5.81. The number of rotatable bonds is 5. The first-order valence-corrected chi connectivity index (χ1v) is 7.85. The number of halogens is 1. The highest BCUT2D eigenvalue weighted by atomic mass is 79.9. The lowest BCUT2D eigenvalue weighted by Gasteiger charge is -2.20. The zero-order valence-corrected chi connectivity index (χ0v) is 12.9. The van der Waals surface area contributed by atoms with Gasteiger partial charge in [0, 0.05) is 37.3 Å². The Labute approximate surface area is 123 Å². The average Bonchev–Trinajstić information content (AvgIpc) is 3.13. The minimum atomic E-state index is 0.378. The van der Waals surface area contributed by atoms with Crippen LogP contribution in [0.2, 0.25) is 0 Å². The summed E-state index contributed by atoms with van der Waals surface area (Å²) in [6, 6.07) is 7.46. The van der Waals surface area contributed by atoms with E-state index in [1.807, 2.05) is 0 Å². The molecule has 1 aromatic rings. The molecular formula is C15H21BrN2O. The minimum absolute atomic E-state index is 0.378. The van der Waals surface area contributed by atoms with Crippen LogP contribution in [0.25, 0.3) is 0 Å². The van der Waals surface area contributed by atoms with Crippen molar-refractivity contribution >= 4 is 21.6 Å². The van der Waals surface area contributed by atoms with E-state index in [1.165, 1.54) is 28.6 Å². The molecule has 1 aliphatic carbocycles. The molecule has 104 valence electrons. The van der Waals surface area contributed by atoms with Gasteiger partial charge in [0.1, 0.15) is 0 Å². The Balaban J connectivity index is 1.65. The zero-order chi connectivity index (χ0) is 13.2. The Bertz CT molecular complexity index is 448. The Morgan fingerprint density at radius 2 is 2.21 bits per heavy atom. The molecule has 1 N–H and O–H groups in total. The molecule has 19 heavy (non-hydrogen) atoms. The second-order valence-electron chi connectivity index (χ2n) is 5.53. The van der Waals surface area contributed by atoms with Crippen molar-refractivity contribution in [2.24, 2.45) is 0 Å². The highest BCUT2D eigenvalue weighted by Gasteiger charge is 2.24. The first-order chi connectivity index (χ1) is 9.26. The van der Waals surface area contributed by atoms with Crippen molar-refractivity contribution in [1.29, 1.82) is 0 Å². The summed E-state index contributed by atoms with van der Waals surface area (Å²) in [6.07, 6.45) is 4.17. The van der Waals surface area contributed by atoms with Crippen molar-refractivity contribution in [2.45, 2.75) is 38.0 Å². The van der Waals surface area contributed by atoms with Gasteiger partial charge in [0.2, 0.25) is 0 Å². The fourth-order valence-electron chi connectivity index (χ4n) is 2.61. The van der Waals surface area contributed by atoms with Crippen molar-refractivity contribution in [1.82, 2.24) is 5.32 Å². The smallest absolute Gasteiger partial charge is 0.0762 e. The molecule has 0 spiro atoms. The standard InChI is InChI=1S/C15H21BrN2O/c1-19-13-6-7-18(10-13)15-5-2-11(8-14(15)16)9-17-12-3-4-12/h2,5,8,12-13,17H,3-4,6-7,9-10H2,1H3. The van der Waals surface area contributed by atoms with Gasteiger partial charge in [-0.2, -0.15) is 0 Å².